The molecule has 0 atom stereocenters. The third-order valence-corrected chi connectivity index (χ3v) is 3.85. The summed E-state index contributed by atoms with van der Waals surface area (Å²) in [6, 6.07) is 17.0. The molecule has 1 aromatic heterocycles. The second kappa shape index (κ2) is 4.60. The molecular weight excluding hydrogens is 246 g/mol. The Labute approximate surface area is 117 Å². The summed E-state index contributed by atoms with van der Waals surface area (Å²) in [5.41, 5.74) is 4.76. The van der Waals surface area contributed by atoms with Crippen LogP contribution in [0.1, 0.15) is 11.1 Å². The van der Waals surface area contributed by atoms with Gasteiger partial charge in [0.25, 0.3) is 0 Å². The smallest absolute Gasteiger partial charge is 0.145 e. The van der Waals surface area contributed by atoms with Crippen LogP contribution >= 0.6 is 0 Å². The molecule has 1 aliphatic carbocycles. The van der Waals surface area contributed by atoms with Gasteiger partial charge in [0.1, 0.15) is 5.82 Å². The first-order valence-electron chi connectivity index (χ1n) is 6.93. The van der Waals surface area contributed by atoms with Gasteiger partial charge in [0, 0.05) is 6.04 Å². The van der Waals surface area contributed by atoms with Crippen molar-refractivity contribution in [3.63, 3.8) is 0 Å². The molecule has 3 heteroatoms. The fraction of sp³-hybridized carbons (Fsp3) is 0.176. The van der Waals surface area contributed by atoms with E-state index in [-0.39, 0.29) is 0 Å². The average Bonchev–Trinajstić information content (AvgIpc) is 2.89. The highest BCUT2D eigenvalue weighted by atomic mass is 15.0. The summed E-state index contributed by atoms with van der Waals surface area (Å²) in [6.07, 6.45) is 3.95. The number of anilines is 1. The van der Waals surface area contributed by atoms with E-state index in [0.29, 0.717) is 6.04 Å². The Bertz CT molecular complexity index is 742. The zero-order chi connectivity index (χ0) is 13.4. The van der Waals surface area contributed by atoms with Gasteiger partial charge in [0.2, 0.25) is 0 Å². The third-order valence-electron chi connectivity index (χ3n) is 3.85. The summed E-state index contributed by atoms with van der Waals surface area (Å²) in [5.74, 6) is 0.863. The Morgan fingerprint density at radius 1 is 0.850 bits per heavy atom. The number of fused-ring (bicyclic) bond motifs is 2. The van der Waals surface area contributed by atoms with Crippen molar-refractivity contribution in [2.45, 2.75) is 18.9 Å². The van der Waals surface area contributed by atoms with Gasteiger partial charge < -0.3 is 5.32 Å². The lowest BCUT2D eigenvalue weighted by Crippen LogP contribution is -2.20. The molecule has 0 saturated carbocycles. The molecule has 0 bridgehead atoms. The van der Waals surface area contributed by atoms with E-state index >= 15 is 0 Å². The van der Waals surface area contributed by atoms with Crippen molar-refractivity contribution >= 4 is 16.9 Å². The standard InChI is InChI=1S/C17H15N3/c1-2-6-13-10-14(9-12(13)5-1)19-17-11-18-15-7-3-4-8-16(15)20-17/h1-8,11,14H,9-10H2,(H,19,20). The lowest BCUT2D eigenvalue weighted by atomic mass is 10.1. The van der Waals surface area contributed by atoms with Crippen LogP contribution in [0.5, 0.6) is 0 Å². The Morgan fingerprint density at radius 3 is 2.25 bits per heavy atom. The van der Waals surface area contributed by atoms with Crippen molar-refractivity contribution in [3.05, 3.63) is 65.9 Å². The van der Waals surface area contributed by atoms with Crippen molar-refractivity contribution in [2.75, 3.05) is 5.32 Å². The molecular formula is C17H15N3. The van der Waals surface area contributed by atoms with E-state index in [1.807, 2.05) is 30.5 Å². The fourth-order valence-electron chi connectivity index (χ4n) is 2.90. The van der Waals surface area contributed by atoms with Crippen LogP contribution in [0, 0.1) is 0 Å². The van der Waals surface area contributed by atoms with E-state index in [1.165, 1.54) is 11.1 Å². The van der Waals surface area contributed by atoms with E-state index in [4.69, 9.17) is 0 Å². The fourth-order valence-corrected chi connectivity index (χ4v) is 2.90. The van der Waals surface area contributed by atoms with Crippen LogP contribution in [0.15, 0.2) is 54.7 Å². The Morgan fingerprint density at radius 2 is 1.50 bits per heavy atom. The van der Waals surface area contributed by atoms with Crippen LogP contribution in [0.25, 0.3) is 11.0 Å². The van der Waals surface area contributed by atoms with Gasteiger partial charge in [0.05, 0.1) is 17.2 Å². The average molecular weight is 261 g/mol. The van der Waals surface area contributed by atoms with E-state index in [0.717, 1.165) is 29.7 Å². The number of hydrogen-bond donors (Lipinski definition) is 1. The molecule has 0 amide bonds. The third kappa shape index (κ3) is 2.01. The van der Waals surface area contributed by atoms with E-state index in [9.17, 15) is 0 Å². The first kappa shape index (κ1) is 11.4. The number of nitrogens with one attached hydrogen (secondary N) is 1. The summed E-state index contributed by atoms with van der Waals surface area (Å²) in [5, 5.41) is 3.51. The number of aromatic nitrogens is 2. The quantitative estimate of drug-likeness (QED) is 0.769. The van der Waals surface area contributed by atoms with Gasteiger partial charge in [-0.05, 0) is 36.1 Å². The number of nitrogens with zero attached hydrogens (tertiary/aromatic N) is 2. The molecule has 0 fully saturated rings. The molecule has 2 aromatic carbocycles. The van der Waals surface area contributed by atoms with Gasteiger partial charge in [-0.25, -0.2) is 4.98 Å². The van der Waals surface area contributed by atoms with Gasteiger partial charge in [-0.1, -0.05) is 36.4 Å². The largest absolute Gasteiger partial charge is 0.365 e. The maximum atomic E-state index is 4.63. The Hall–Kier alpha value is -2.42. The van der Waals surface area contributed by atoms with Crippen LogP contribution in [-0.4, -0.2) is 16.0 Å². The van der Waals surface area contributed by atoms with Crippen molar-refractivity contribution < 1.29 is 0 Å². The molecule has 20 heavy (non-hydrogen) atoms. The van der Waals surface area contributed by atoms with Crippen molar-refractivity contribution in [3.8, 4) is 0 Å². The van der Waals surface area contributed by atoms with E-state index in [1.54, 1.807) is 0 Å². The molecule has 0 spiro atoms. The van der Waals surface area contributed by atoms with E-state index < -0.39 is 0 Å². The van der Waals surface area contributed by atoms with Gasteiger partial charge in [-0.2, -0.15) is 0 Å². The zero-order valence-corrected chi connectivity index (χ0v) is 11.1. The molecule has 3 aromatic rings. The highest BCUT2D eigenvalue weighted by Crippen LogP contribution is 2.24. The number of rotatable bonds is 2. The highest BCUT2D eigenvalue weighted by Gasteiger charge is 2.20. The maximum Gasteiger partial charge on any atom is 0.145 e. The van der Waals surface area contributed by atoms with Gasteiger partial charge in [0.15, 0.2) is 0 Å². The molecule has 3 nitrogen and oxygen atoms in total. The number of hydrogen-bond acceptors (Lipinski definition) is 3. The Balaban J connectivity index is 1.57. The summed E-state index contributed by atoms with van der Waals surface area (Å²) in [4.78, 5) is 9.08. The first-order chi connectivity index (χ1) is 9.88. The minimum atomic E-state index is 0.419. The first-order valence-corrected chi connectivity index (χ1v) is 6.93. The van der Waals surface area contributed by atoms with Gasteiger partial charge >= 0.3 is 0 Å². The summed E-state index contributed by atoms with van der Waals surface area (Å²) in [6.45, 7) is 0. The van der Waals surface area contributed by atoms with Gasteiger partial charge in [-0.15, -0.1) is 0 Å². The molecule has 1 aliphatic rings. The molecule has 1 N–H and O–H groups in total. The second-order valence-corrected chi connectivity index (χ2v) is 5.26. The minimum Gasteiger partial charge on any atom is -0.365 e. The molecule has 1 heterocycles. The van der Waals surface area contributed by atoms with E-state index in [2.05, 4.69) is 39.6 Å². The summed E-state index contributed by atoms with van der Waals surface area (Å²) < 4.78 is 0. The molecule has 0 unspecified atom stereocenters. The van der Waals surface area contributed by atoms with Gasteiger partial charge in [-0.3, -0.25) is 4.98 Å². The second-order valence-electron chi connectivity index (χ2n) is 5.26. The molecule has 0 aliphatic heterocycles. The number of benzene rings is 2. The summed E-state index contributed by atoms with van der Waals surface area (Å²) >= 11 is 0. The van der Waals surface area contributed by atoms with Crippen molar-refractivity contribution in [1.82, 2.24) is 9.97 Å². The predicted molar refractivity (Wildman–Crippen MR) is 80.8 cm³/mol. The van der Waals surface area contributed by atoms with Crippen LogP contribution in [0.2, 0.25) is 0 Å². The molecule has 0 saturated heterocycles. The van der Waals surface area contributed by atoms with Crippen LogP contribution in [0.4, 0.5) is 5.82 Å². The molecule has 0 radical (unpaired) electrons. The lowest BCUT2D eigenvalue weighted by molar-refractivity contribution is 0.769. The maximum absolute atomic E-state index is 4.63. The summed E-state index contributed by atoms with van der Waals surface area (Å²) in [7, 11) is 0. The van der Waals surface area contributed by atoms with Crippen molar-refractivity contribution in [2.24, 2.45) is 0 Å². The van der Waals surface area contributed by atoms with Crippen LogP contribution in [-0.2, 0) is 12.8 Å². The zero-order valence-electron chi connectivity index (χ0n) is 11.1. The minimum absolute atomic E-state index is 0.419. The molecule has 4 rings (SSSR count). The normalized spacial score (nSPS) is 14.4. The number of para-hydroxylation sites is 2. The SMILES string of the molecule is c1ccc2c(c1)CC(Nc1cnc3ccccc3n1)C2. The van der Waals surface area contributed by atoms with Crippen molar-refractivity contribution in [1.29, 1.82) is 0 Å². The highest BCUT2D eigenvalue weighted by molar-refractivity contribution is 5.75. The van der Waals surface area contributed by atoms with Crippen LogP contribution in [0.3, 0.4) is 0 Å². The Kier molecular flexibility index (Phi) is 2.62. The monoisotopic (exact) mass is 261 g/mol. The predicted octanol–water partition coefficient (Wildman–Crippen LogP) is 3.21. The lowest BCUT2D eigenvalue weighted by Gasteiger charge is -2.12. The molecule has 98 valence electrons. The topological polar surface area (TPSA) is 37.8 Å². The van der Waals surface area contributed by atoms with Crippen LogP contribution < -0.4 is 5.32 Å².